The van der Waals surface area contributed by atoms with Crippen LogP contribution in [-0.2, 0) is 11.2 Å². The summed E-state index contributed by atoms with van der Waals surface area (Å²) in [6, 6.07) is 13.2. The molecule has 3 aliphatic heterocycles. The maximum absolute atomic E-state index is 12.7. The topological polar surface area (TPSA) is 83.0 Å². The number of hydrogen-bond acceptors (Lipinski definition) is 6. The fourth-order valence-corrected chi connectivity index (χ4v) is 5.37. The fraction of sp³-hybridized carbons (Fsp3) is 0.400. The number of carbonyl (C=O) groups excluding carboxylic acids is 2. The Labute approximate surface area is 198 Å². The van der Waals surface area contributed by atoms with Crippen molar-refractivity contribution >= 4 is 34.4 Å². The number of amidine groups is 1. The number of fused-ring (bicyclic) bond motifs is 1. The van der Waals surface area contributed by atoms with Gasteiger partial charge in [-0.1, -0.05) is 30.3 Å². The van der Waals surface area contributed by atoms with Crippen molar-refractivity contribution in [1.82, 2.24) is 10.2 Å². The molecule has 2 N–H and O–H groups in total. The molecule has 2 amide bonds. The zero-order valence-electron chi connectivity index (χ0n) is 18.5. The molecule has 0 saturated carbocycles. The summed E-state index contributed by atoms with van der Waals surface area (Å²) < 4.78 is 5.85. The lowest BCUT2D eigenvalue weighted by atomic mass is 10.0. The van der Waals surface area contributed by atoms with Gasteiger partial charge in [-0.15, -0.1) is 0 Å². The number of anilines is 1. The van der Waals surface area contributed by atoms with Crippen molar-refractivity contribution in [3.63, 3.8) is 0 Å². The zero-order valence-corrected chi connectivity index (χ0v) is 19.3. The van der Waals surface area contributed by atoms with E-state index in [4.69, 9.17) is 4.74 Å². The van der Waals surface area contributed by atoms with Gasteiger partial charge < -0.3 is 15.4 Å². The normalized spacial score (nSPS) is 20.2. The van der Waals surface area contributed by atoms with Gasteiger partial charge in [0.2, 0.25) is 5.91 Å². The van der Waals surface area contributed by atoms with E-state index >= 15 is 0 Å². The molecule has 172 valence electrons. The standard InChI is InChI=1S/C25H28N4O3S/c30-23-15-19-14-18(6-9-21(19)26-23)22-16-33-25(27-22)28-24(31)17-4-7-20(8-5-17)32-13-12-29-10-2-1-3-11-29/h4-9,14,22H,1-3,10-13,15-16H2,(H,26,30)(H,27,28,31). The third-order valence-electron chi connectivity index (χ3n) is 6.25. The highest BCUT2D eigenvalue weighted by Crippen LogP contribution is 2.33. The summed E-state index contributed by atoms with van der Waals surface area (Å²) in [5.41, 5.74) is 3.53. The lowest BCUT2D eigenvalue weighted by Gasteiger charge is -2.26. The number of amides is 2. The maximum atomic E-state index is 12.7. The van der Waals surface area contributed by atoms with Crippen molar-refractivity contribution in [3.8, 4) is 5.75 Å². The predicted octanol–water partition coefficient (Wildman–Crippen LogP) is 3.62. The maximum Gasteiger partial charge on any atom is 0.257 e. The van der Waals surface area contributed by atoms with Gasteiger partial charge >= 0.3 is 0 Å². The van der Waals surface area contributed by atoms with E-state index in [2.05, 4.69) is 20.5 Å². The summed E-state index contributed by atoms with van der Waals surface area (Å²) in [5, 5.41) is 6.40. The monoisotopic (exact) mass is 464 g/mol. The van der Waals surface area contributed by atoms with Gasteiger partial charge in [-0.05, 0) is 67.4 Å². The Morgan fingerprint density at radius 3 is 2.79 bits per heavy atom. The quantitative estimate of drug-likeness (QED) is 0.682. The summed E-state index contributed by atoms with van der Waals surface area (Å²) >= 11 is 1.54. The SMILES string of the molecule is O=C1Cc2cc(C3CSC(NC(=O)c4ccc(OCCN5CCCCC5)cc4)=N3)ccc2N1. The van der Waals surface area contributed by atoms with E-state index in [9.17, 15) is 9.59 Å². The number of ether oxygens (including phenoxy) is 1. The van der Waals surface area contributed by atoms with E-state index in [1.807, 2.05) is 30.3 Å². The molecule has 1 saturated heterocycles. The van der Waals surface area contributed by atoms with Crippen LogP contribution in [0.4, 0.5) is 5.69 Å². The summed E-state index contributed by atoms with van der Waals surface area (Å²) in [5.74, 6) is 1.39. The van der Waals surface area contributed by atoms with Gasteiger partial charge in [-0.3, -0.25) is 19.5 Å². The first-order valence-electron chi connectivity index (χ1n) is 11.5. The number of rotatable bonds is 6. The van der Waals surface area contributed by atoms with Crippen LogP contribution >= 0.6 is 11.8 Å². The molecule has 3 aliphatic rings. The number of hydrogen-bond donors (Lipinski definition) is 2. The number of aliphatic imine (C=N–C) groups is 1. The molecule has 1 atom stereocenters. The first-order valence-corrected chi connectivity index (χ1v) is 12.5. The molecule has 33 heavy (non-hydrogen) atoms. The highest BCUT2D eigenvalue weighted by Gasteiger charge is 2.24. The Morgan fingerprint density at radius 2 is 1.97 bits per heavy atom. The van der Waals surface area contributed by atoms with Crippen LogP contribution in [0.2, 0.25) is 0 Å². The Morgan fingerprint density at radius 1 is 1.15 bits per heavy atom. The van der Waals surface area contributed by atoms with Crippen LogP contribution in [0.1, 0.15) is 46.8 Å². The van der Waals surface area contributed by atoms with Crippen LogP contribution < -0.4 is 15.4 Å². The lowest BCUT2D eigenvalue weighted by molar-refractivity contribution is -0.115. The van der Waals surface area contributed by atoms with Gasteiger partial charge in [0.1, 0.15) is 12.4 Å². The highest BCUT2D eigenvalue weighted by atomic mass is 32.2. The van der Waals surface area contributed by atoms with Gasteiger partial charge in [-0.25, -0.2) is 0 Å². The Bertz CT molecular complexity index is 1060. The van der Waals surface area contributed by atoms with E-state index in [1.165, 1.54) is 31.0 Å². The lowest BCUT2D eigenvalue weighted by Crippen LogP contribution is -2.33. The smallest absolute Gasteiger partial charge is 0.257 e. The first-order chi connectivity index (χ1) is 16.1. The molecular formula is C25H28N4O3S. The van der Waals surface area contributed by atoms with Crippen LogP contribution in [0.5, 0.6) is 5.75 Å². The third-order valence-corrected chi connectivity index (χ3v) is 7.22. The largest absolute Gasteiger partial charge is 0.492 e. The van der Waals surface area contributed by atoms with Crippen LogP contribution in [0.15, 0.2) is 47.5 Å². The minimum atomic E-state index is -0.175. The highest BCUT2D eigenvalue weighted by molar-refractivity contribution is 8.14. The molecular weight excluding hydrogens is 436 g/mol. The van der Waals surface area contributed by atoms with Gasteiger partial charge in [0.25, 0.3) is 5.91 Å². The van der Waals surface area contributed by atoms with E-state index in [1.54, 1.807) is 12.1 Å². The third kappa shape index (κ3) is 5.39. The molecule has 8 heteroatoms. The molecule has 2 aromatic carbocycles. The van der Waals surface area contributed by atoms with Gasteiger partial charge in [0, 0.05) is 23.5 Å². The van der Waals surface area contributed by atoms with Crippen LogP contribution in [0.25, 0.3) is 0 Å². The average molecular weight is 465 g/mol. The number of carbonyl (C=O) groups is 2. The summed E-state index contributed by atoms with van der Waals surface area (Å²) in [7, 11) is 0. The fourth-order valence-electron chi connectivity index (χ4n) is 4.42. The molecule has 7 nitrogen and oxygen atoms in total. The second kappa shape index (κ2) is 9.97. The second-order valence-corrected chi connectivity index (χ2v) is 9.64. The van der Waals surface area contributed by atoms with Crippen molar-refractivity contribution in [2.75, 3.05) is 37.3 Å². The van der Waals surface area contributed by atoms with Gasteiger partial charge in [0.15, 0.2) is 5.17 Å². The molecule has 0 bridgehead atoms. The molecule has 0 aromatic heterocycles. The van der Waals surface area contributed by atoms with Gasteiger partial charge in [0.05, 0.1) is 12.5 Å². The van der Waals surface area contributed by atoms with E-state index in [-0.39, 0.29) is 17.9 Å². The molecule has 0 radical (unpaired) electrons. The molecule has 0 spiro atoms. The zero-order chi connectivity index (χ0) is 22.6. The Kier molecular flexibility index (Phi) is 6.64. The summed E-state index contributed by atoms with van der Waals surface area (Å²) in [6.45, 7) is 3.92. The van der Waals surface area contributed by atoms with Crippen molar-refractivity contribution in [3.05, 3.63) is 59.2 Å². The van der Waals surface area contributed by atoms with E-state index in [0.717, 1.165) is 48.0 Å². The number of piperidine rings is 1. The minimum absolute atomic E-state index is 0.0258. The van der Waals surface area contributed by atoms with E-state index < -0.39 is 0 Å². The summed E-state index contributed by atoms with van der Waals surface area (Å²) in [6.07, 6.45) is 4.30. The summed E-state index contributed by atoms with van der Waals surface area (Å²) in [4.78, 5) is 31.4. The average Bonchev–Trinajstić information content (AvgIpc) is 3.45. The van der Waals surface area contributed by atoms with Crippen molar-refractivity contribution in [2.45, 2.75) is 31.7 Å². The van der Waals surface area contributed by atoms with Crippen molar-refractivity contribution in [2.24, 2.45) is 4.99 Å². The van der Waals surface area contributed by atoms with E-state index in [0.29, 0.717) is 23.8 Å². The Balaban J connectivity index is 1.13. The molecule has 0 aliphatic carbocycles. The predicted molar refractivity (Wildman–Crippen MR) is 131 cm³/mol. The van der Waals surface area contributed by atoms with Crippen LogP contribution in [-0.4, -0.2) is 53.9 Å². The van der Waals surface area contributed by atoms with Gasteiger partial charge in [-0.2, -0.15) is 0 Å². The minimum Gasteiger partial charge on any atom is -0.492 e. The molecule has 2 aromatic rings. The van der Waals surface area contributed by atoms with Crippen LogP contribution in [0.3, 0.4) is 0 Å². The number of benzene rings is 2. The Hall–Kier alpha value is -2.84. The number of thioether (sulfide) groups is 1. The molecule has 3 heterocycles. The molecule has 5 rings (SSSR count). The molecule has 1 fully saturated rings. The first kappa shape index (κ1) is 22.0. The van der Waals surface area contributed by atoms with Crippen molar-refractivity contribution < 1.29 is 14.3 Å². The second-order valence-electron chi connectivity index (χ2n) is 8.63. The van der Waals surface area contributed by atoms with Crippen molar-refractivity contribution in [1.29, 1.82) is 0 Å². The number of nitrogens with one attached hydrogen (secondary N) is 2. The number of likely N-dealkylation sites (tertiary alicyclic amines) is 1. The van der Waals surface area contributed by atoms with Crippen LogP contribution in [0, 0.1) is 0 Å². The number of nitrogens with zero attached hydrogens (tertiary/aromatic N) is 2. The molecule has 1 unspecified atom stereocenters.